The molecule has 0 spiro atoms. The van der Waals surface area contributed by atoms with Gasteiger partial charge in [-0.1, -0.05) is 47.7 Å². The number of likely N-dealkylation sites (N-methyl/N-ethyl adjacent to an activating group) is 1. The van der Waals surface area contributed by atoms with Gasteiger partial charge in [0, 0.05) is 6.54 Å². The Balaban J connectivity index is 1.69. The molecule has 1 fully saturated rings. The number of carbonyl (C=O) groups excluding carboxylic acids is 1. The van der Waals surface area contributed by atoms with Crippen LogP contribution in [0.2, 0.25) is 5.02 Å². The molecule has 0 radical (unpaired) electrons. The van der Waals surface area contributed by atoms with E-state index in [-0.39, 0.29) is 5.91 Å². The smallest absolute Gasteiger partial charge is 0.266 e. The Labute approximate surface area is 190 Å². The van der Waals surface area contributed by atoms with Gasteiger partial charge in [0.2, 0.25) is 0 Å². The van der Waals surface area contributed by atoms with Crippen molar-refractivity contribution in [1.82, 2.24) is 4.90 Å². The largest absolute Gasteiger partial charge is 0.493 e. The Bertz CT molecular complexity index is 993. The highest BCUT2D eigenvalue weighted by molar-refractivity contribution is 8.26. The normalized spacial score (nSPS) is 15.1. The third-order valence-electron chi connectivity index (χ3n) is 4.33. The summed E-state index contributed by atoms with van der Waals surface area (Å²) in [6, 6.07) is 11.3. The van der Waals surface area contributed by atoms with Crippen LogP contribution >= 0.6 is 35.6 Å². The summed E-state index contributed by atoms with van der Waals surface area (Å²) in [6.45, 7) is 5.12. The molecule has 0 saturated carbocycles. The van der Waals surface area contributed by atoms with Crippen molar-refractivity contribution >= 4 is 51.9 Å². The number of hydrogen-bond acceptors (Lipinski definition) is 6. The van der Waals surface area contributed by atoms with E-state index in [0.29, 0.717) is 45.5 Å². The lowest BCUT2D eigenvalue weighted by Crippen LogP contribution is -2.27. The number of amides is 1. The van der Waals surface area contributed by atoms with E-state index in [2.05, 4.69) is 0 Å². The molecule has 0 unspecified atom stereocenters. The molecule has 2 aromatic carbocycles. The van der Waals surface area contributed by atoms with Gasteiger partial charge in [-0.3, -0.25) is 9.69 Å². The van der Waals surface area contributed by atoms with Crippen LogP contribution in [0.1, 0.15) is 18.1 Å². The number of ether oxygens (including phenoxy) is 3. The molecule has 0 atom stereocenters. The summed E-state index contributed by atoms with van der Waals surface area (Å²) < 4.78 is 17.5. The van der Waals surface area contributed by atoms with Gasteiger partial charge in [0.15, 0.2) is 11.5 Å². The summed E-state index contributed by atoms with van der Waals surface area (Å²) in [5.41, 5.74) is 1.86. The lowest BCUT2D eigenvalue weighted by Gasteiger charge is -2.14. The number of nitrogens with zero attached hydrogens (tertiary/aromatic N) is 1. The van der Waals surface area contributed by atoms with Crippen LogP contribution in [-0.2, 0) is 4.79 Å². The maximum Gasteiger partial charge on any atom is 0.266 e. The lowest BCUT2D eigenvalue weighted by atomic mass is 10.1. The summed E-state index contributed by atoms with van der Waals surface area (Å²) in [4.78, 5) is 14.5. The minimum Gasteiger partial charge on any atom is -0.493 e. The van der Waals surface area contributed by atoms with E-state index in [1.165, 1.54) is 11.8 Å². The summed E-state index contributed by atoms with van der Waals surface area (Å²) in [5, 5.41) is 0.391. The highest BCUT2D eigenvalue weighted by Gasteiger charge is 2.30. The van der Waals surface area contributed by atoms with Gasteiger partial charge in [0.05, 0.1) is 17.0 Å². The first-order valence-electron chi connectivity index (χ1n) is 9.38. The topological polar surface area (TPSA) is 48.0 Å². The zero-order valence-electron chi connectivity index (χ0n) is 16.9. The van der Waals surface area contributed by atoms with Gasteiger partial charge in [0.1, 0.15) is 23.3 Å². The number of aryl methyl sites for hydroxylation is 1. The van der Waals surface area contributed by atoms with Gasteiger partial charge < -0.3 is 14.2 Å². The van der Waals surface area contributed by atoms with Crippen molar-refractivity contribution in [3.8, 4) is 17.2 Å². The van der Waals surface area contributed by atoms with Crippen molar-refractivity contribution in [3.63, 3.8) is 0 Å². The number of halogens is 1. The van der Waals surface area contributed by atoms with Crippen LogP contribution in [0.4, 0.5) is 0 Å². The predicted molar refractivity (Wildman–Crippen MR) is 126 cm³/mol. The van der Waals surface area contributed by atoms with E-state index in [4.69, 9.17) is 38.0 Å². The predicted octanol–water partition coefficient (Wildman–Crippen LogP) is 5.34. The van der Waals surface area contributed by atoms with Crippen LogP contribution in [0.3, 0.4) is 0 Å². The van der Waals surface area contributed by atoms with Crippen molar-refractivity contribution in [2.75, 3.05) is 26.9 Å². The Morgan fingerprint density at radius 1 is 1.20 bits per heavy atom. The maximum absolute atomic E-state index is 12.4. The number of rotatable bonds is 8. The molecule has 1 aliphatic rings. The Morgan fingerprint density at radius 2 is 1.97 bits per heavy atom. The van der Waals surface area contributed by atoms with Gasteiger partial charge in [-0.25, -0.2) is 0 Å². The van der Waals surface area contributed by atoms with Crippen molar-refractivity contribution in [2.24, 2.45) is 0 Å². The van der Waals surface area contributed by atoms with Crippen LogP contribution < -0.4 is 14.2 Å². The van der Waals surface area contributed by atoms with E-state index in [0.717, 1.165) is 16.9 Å². The first kappa shape index (κ1) is 22.5. The zero-order chi connectivity index (χ0) is 21.7. The monoisotopic (exact) mass is 463 g/mol. The van der Waals surface area contributed by atoms with E-state index in [9.17, 15) is 4.79 Å². The number of thiocarbonyl (C=S) groups is 1. The molecule has 3 rings (SSSR count). The molecule has 158 valence electrons. The molecular formula is C22H22ClNO4S2. The van der Waals surface area contributed by atoms with Crippen molar-refractivity contribution in [3.05, 3.63) is 57.5 Å². The summed E-state index contributed by atoms with van der Waals surface area (Å²) in [7, 11) is 1.54. The van der Waals surface area contributed by atoms with Crippen LogP contribution in [0.25, 0.3) is 6.08 Å². The molecule has 1 aliphatic heterocycles. The highest BCUT2D eigenvalue weighted by atomic mass is 35.5. The highest BCUT2D eigenvalue weighted by Crippen LogP contribution is 2.39. The first-order chi connectivity index (χ1) is 14.4. The summed E-state index contributed by atoms with van der Waals surface area (Å²) >= 11 is 13.0. The second-order valence-electron chi connectivity index (χ2n) is 6.47. The Kier molecular flexibility index (Phi) is 7.64. The van der Waals surface area contributed by atoms with Crippen LogP contribution in [-0.4, -0.2) is 42.0 Å². The fourth-order valence-corrected chi connectivity index (χ4v) is 4.55. The van der Waals surface area contributed by atoms with Crippen LogP contribution in [0.5, 0.6) is 17.2 Å². The number of thioether (sulfide) groups is 1. The molecular weight excluding hydrogens is 442 g/mol. The maximum atomic E-state index is 12.4. The molecule has 0 bridgehead atoms. The number of hydrogen-bond donors (Lipinski definition) is 0. The number of carbonyl (C=O) groups is 1. The fraction of sp³-hybridized carbons (Fsp3) is 0.273. The third kappa shape index (κ3) is 5.28. The quantitative estimate of drug-likeness (QED) is 0.299. The molecule has 0 aromatic heterocycles. The Morgan fingerprint density at radius 3 is 2.63 bits per heavy atom. The molecule has 2 aromatic rings. The van der Waals surface area contributed by atoms with Gasteiger partial charge in [-0.05, 0) is 55.3 Å². The summed E-state index contributed by atoms with van der Waals surface area (Å²) in [5.74, 6) is 1.60. The molecule has 0 aliphatic carbocycles. The molecule has 0 N–H and O–H groups in total. The molecule has 1 saturated heterocycles. The standard InChI is InChI=1S/C22H22ClNO4S2/c1-4-24-21(25)19(30-22(24)29)13-15-11-17(23)20(18(12-15)26-3)28-9-8-27-16-7-5-6-14(2)10-16/h5-7,10-13H,4,8-9H2,1-3H3. The van der Waals surface area contributed by atoms with E-state index < -0.39 is 0 Å². The number of methoxy groups -OCH3 is 1. The molecule has 1 amide bonds. The zero-order valence-corrected chi connectivity index (χ0v) is 19.3. The van der Waals surface area contributed by atoms with Crippen LogP contribution in [0, 0.1) is 6.92 Å². The SMILES string of the molecule is CCN1C(=O)C(=Cc2cc(Cl)c(OCCOc3cccc(C)c3)c(OC)c2)SC1=S. The second kappa shape index (κ2) is 10.2. The fourth-order valence-electron chi connectivity index (χ4n) is 2.90. The van der Waals surface area contributed by atoms with Gasteiger partial charge in [-0.2, -0.15) is 0 Å². The average molecular weight is 464 g/mol. The van der Waals surface area contributed by atoms with E-state index in [1.807, 2.05) is 38.1 Å². The van der Waals surface area contributed by atoms with Crippen molar-refractivity contribution < 1.29 is 19.0 Å². The second-order valence-corrected chi connectivity index (χ2v) is 8.56. The third-order valence-corrected chi connectivity index (χ3v) is 5.99. The Hall–Kier alpha value is -2.22. The van der Waals surface area contributed by atoms with Crippen molar-refractivity contribution in [1.29, 1.82) is 0 Å². The van der Waals surface area contributed by atoms with Crippen LogP contribution in [0.15, 0.2) is 41.3 Å². The molecule has 1 heterocycles. The minimum absolute atomic E-state index is 0.101. The molecule has 30 heavy (non-hydrogen) atoms. The number of benzene rings is 2. The van der Waals surface area contributed by atoms with Crippen molar-refractivity contribution in [2.45, 2.75) is 13.8 Å². The van der Waals surface area contributed by atoms with Gasteiger partial charge in [0.25, 0.3) is 5.91 Å². The first-order valence-corrected chi connectivity index (χ1v) is 11.0. The van der Waals surface area contributed by atoms with E-state index in [1.54, 1.807) is 30.2 Å². The van der Waals surface area contributed by atoms with E-state index >= 15 is 0 Å². The lowest BCUT2D eigenvalue weighted by molar-refractivity contribution is -0.121. The molecule has 8 heteroatoms. The molecule has 5 nitrogen and oxygen atoms in total. The van der Waals surface area contributed by atoms with Gasteiger partial charge in [-0.15, -0.1) is 0 Å². The summed E-state index contributed by atoms with van der Waals surface area (Å²) in [6.07, 6.45) is 1.76. The average Bonchev–Trinajstić information content (AvgIpc) is 2.98. The minimum atomic E-state index is -0.101. The van der Waals surface area contributed by atoms with Gasteiger partial charge >= 0.3 is 0 Å².